The zero-order valence-corrected chi connectivity index (χ0v) is 16.6. The monoisotopic (exact) mass is 420 g/mol. The lowest BCUT2D eigenvalue weighted by atomic mass is 9.94. The Morgan fingerprint density at radius 2 is 1.50 bits per heavy atom. The van der Waals surface area contributed by atoms with E-state index in [1.54, 1.807) is 4.90 Å². The first-order valence-electron chi connectivity index (χ1n) is 9.20. The Labute approximate surface area is 172 Å². The summed E-state index contributed by atoms with van der Waals surface area (Å²) >= 11 is 12.0. The van der Waals surface area contributed by atoms with Crippen LogP contribution in [-0.4, -0.2) is 47.8 Å². The quantitative estimate of drug-likeness (QED) is 0.747. The molecule has 1 saturated heterocycles. The molecule has 2 fully saturated rings. The van der Waals surface area contributed by atoms with Crippen LogP contribution < -0.4 is 0 Å². The summed E-state index contributed by atoms with van der Waals surface area (Å²) in [5.74, 6) is -0.605. The number of hydrogen-bond donors (Lipinski definition) is 0. The lowest BCUT2D eigenvalue weighted by Crippen LogP contribution is -2.53. The van der Waals surface area contributed by atoms with Crippen molar-refractivity contribution in [1.82, 2.24) is 9.80 Å². The SMILES string of the molecule is O=C(c1ccc(F)cc1Cl)N1CCN(C(=O)C2(c3ccc(Cl)cc3)CC2)CC1. The van der Waals surface area contributed by atoms with Crippen molar-refractivity contribution in [3.63, 3.8) is 0 Å². The number of hydrogen-bond acceptors (Lipinski definition) is 2. The predicted molar refractivity (Wildman–Crippen MR) is 106 cm³/mol. The van der Waals surface area contributed by atoms with Gasteiger partial charge in [-0.2, -0.15) is 0 Å². The van der Waals surface area contributed by atoms with E-state index >= 15 is 0 Å². The van der Waals surface area contributed by atoms with Crippen LogP contribution in [0.15, 0.2) is 42.5 Å². The Hall–Kier alpha value is -2.11. The molecule has 0 spiro atoms. The fraction of sp³-hybridized carbons (Fsp3) is 0.333. The van der Waals surface area contributed by atoms with Gasteiger partial charge in [0.05, 0.1) is 16.0 Å². The van der Waals surface area contributed by atoms with Gasteiger partial charge in [0.15, 0.2) is 0 Å². The molecule has 7 heteroatoms. The van der Waals surface area contributed by atoms with Crippen LogP contribution in [-0.2, 0) is 10.2 Å². The second-order valence-corrected chi connectivity index (χ2v) is 8.14. The fourth-order valence-corrected chi connectivity index (χ4v) is 4.14. The first-order chi connectivity index (χ1) is 13.4. The number of benzene rings is 2. The maximum Gasteiger partial charge on any atom is 0.255 e. The number of halogens is 3. The summed E-state index contributed by atoms with van der Waals surface area (Å²) in [5.41, 5.74) is 0.831. The van der Waals surface area contributed by atoms with Crippen LogP contribution in [0.1, 0.15) is 28.8 Å². The van der Waals surface area contributed by atoms with Crippen LogP contribution in [0.5, 0.6) is 0 Å². The van der Waals surface area contributed by atoms with Crippen molar-refractivity contribution in [2.45, 2.75) is 18.3 Å². The molecule has 0 atom stereocenters. The maximum atomic E-state index is 13.2. The van der Waals surface area contributed by atoms with Crippen LogP contribution in [0.3, 0.4) is 0 Å². The van der Waals surface area contributed by atoms with Gasteiger partial charge >= 0.3 is 0 Å². The van der Waals surface area contributed by atoms with Crippen molar-refractivity contribution >= 4 is 35.0 Å². The molecule has 4 rings (SSSR count). The molecule has 28 heavy (non-hydrogen) atoms. The molecule has 4 nitrogen and oxygen atoms in total. The van der Waals surface area contributed by atoms with Crippen LogP contribution in [0, 0.1) is 5.82 Å². The molecule has 1 aliphatic heterocycles. The van der Waals surface area contributed by atoms with E-state index in [-0.39, 0.29) is 22.4 Å². The van der Waals surface area contributed by atoms with E-state index in [9.17, 15) is 14.0 Å². The molecule has 1 heterocycles. The molecule has 0 aromatic heterocycles. The van der Waals surface area contributed by atoms with Crippen molar-refractivity contribution in [3.05, 3.63) is 69.5 Å². The third-order valence-electron chi connectivity index (χ3n) is 5.57. The summed E-state index contributed by atoms with van der Waals surface area (Å²) in [7, 11) is 0. The summed E-state index contributed by atoms with van der Waals surface area (Å²) in [5, 5.41) is 0.752. The Bertz CT molecular complexity index is 921. The van der Waals surface area contributed by atoms with Gasteiger partial charge in [0, 0.05) is 31.2 Å². The van der Waals surface area contributed by atoms with Gasteiger partial charge in [0.1, 0.15) is 5.82 Å². The highest BCUT2D eigenvalue weighted by Gasteiger charge is 2.53. The minimum Gasteiger partial charge on any atom is -0.338 e. The van der Waals surface area contributed by atoms with E-state index in [0.717, 1.165) is 24.5 Å². The molecule has 2 aromatic carbocycles. The number of piperazine rings is 1. The average molecular weight is 421 g/mol. The highest BCUT2D eigenvalue weighted by Crippen LogP contribution is 2.49. The van der Waals surface area contributed by atoms with Gasteiger partial charge in [-0.3, -0.25) is 9.59 Å². The highest BCUT2D eigenvalue weighted by molar-refractivity contribution is 6.33. The van der Waals surface area contributed by atoms with Gasteiger partial charge in [-0.25, -0.2) is 4.39 Å². The Morgan fingerprint density at radius 1 is 0.893 bits per heavy atom. The molecular weight excluding hydrogens is 402 g/mol. The average Bonchev–Trinajstić information content (AvgIpc) is 3.49. The molecule has 0 radical (unpaired) electrons. The van der Waals surface area contributed by atoms with E-state index in [0.29, 0.717) is 31.2 Å². The molecule has 2 aromatic rings. The summed E-state index contributed by atoms with van der Waals surface area (Å²) < 4.78 is 13.2. The van der Waals surface area contributed by atoms with Gasteiger partial charge in [0.25, 0.3) is 5.91 Å². The van der Waals surface area contributed by atoms with E-state index in [4.69, 9.17) is 23.2 Å². The van der Waals surface area contributed by atoms with Crippen LogP contribution in [0.2, 0.25) is 10.0 Å². The third kappa shape index (κ3) is 3.49. The van der Waals surface area contributed by atoms with Crippen molar-refractivity contribution in [2.24, 2.45) is 0 Å². The summed E-state index contributed by atoms with van der Waals surface area (Å²) in [6.45, 7) is 1.79. The van der Waals surface area contributed by atoms with E-state index in [2.05, 4.69) is 0 Å². The summed E-state index contributed by atoms with van der Waals surface area (Å²) in [4.78, 5) is 29.3. The number of rotatable bonds is 3. The van der Waals surface area contributed by atoms with Gasteiger partial charge < -0.3 is 9.80 Å². The lowest BCUT2D eigenvalue weighted by Gasteiger charge is -2.37. The zero-order chi connectivity index (χ0) is 19.9. The predicted octanol–water partition coefficient (Wildman–Crippen LogP) is 4.15. The Morgan fingerprint density at radius 3 is 2.07 bits per heavy atom. The molecule has 2 amide bonds. The van der Waals surface area contributed by atoms with E-state index in [1.165, 1.54) is 12.1 Å². The second kappa shape index (κ2) is 7.37. The summed E-state index contributed by atoms with van der Waals surface area (Å²) in [6, 6.07) is 11.2. The molecule has 0 bridgehead atoms. The molecule has 146 valence electrons. The number of amides is 2. The second-order valence-electron chi connectivity index (χ2n) is 7.30. The van der Waals surface area contributed by atoms with Crippen molar-refractivity contribution < 1.29 is 14.0 Å². The molecular formula is C21H19Cl2FN2O2. The Kier molecular flexibility index (Phi) is 5.06. The highest BCUT2D eigenvalue weighted by atomic mass is 35.5. The number of nitrogens with zero attached hydrogens (tertiary/aromatic N) is 2. The minimum absolute atomic E-state index is 0.100. The van der Waals surface area contributed by atoms with E-state index in [1.807, 2.05) is 29.2 Å². The van der Waals surface area contributed by atoms with Gasteiger partial charge in [-0.1, -0.05) is 35.3 Å². The van der Waals surface area contributed by atoms with Crippen LogP contribution in [0.4, 0.5) is 4.39 Å². The smallest absolute Gasteiger partial charge is 0.255 e. The normalized spacial score (nSPS) is 18.1. The van der Waals surface area contributed by atoms with Crippen LogP contribution in [0.25, 0.3) is 0 Å². The van der Waals surface area contributed by atoms with Gasteiger partial charge in [0.2, 0.25) is 5.91 Å². The molecule has 1 saturated carbocycles. The number of carbonyl (C=O) groups excluding carboxylic acids is 2. The first-order valence-corrected chi connectivity index (χ1v) is 9.96. The third-order valence-corrected chi connectivity index (χ3v) is 6.14. The van der Waals surface area contributed by atoms with Crippen molar-refractivity contribution in [2.75, 3.05) is 26.2 Å². The first kappa shape index (κ1) is 19.2. The van der Waals surface area contributed by atoms with Gasteiger partial charge in [-0.15, -0.1) is 0 Å². The topological polar surface area (TPSA) is 40.6 Å². The summed E-state index contributed by atoms with van der Waals surface area (Å²) in [6.07, 6.45) is 1.66. The van der Waals surface area contributed by atoms with Gasteiger partial charge in [-0.05, 0) is 48.7 Å². The zero-order valence-electron chi connectivity index (χ0n) is 15.1. The molecule has 2 aliphatic rings. The fourth-order valence-electron chi connectivity index (χ4n) is 3.77. The largest absolute Gasteiger partial charge is 0.338 e. The van der Waals surface area contributed by atoms with Crippen molar-refractivity contribution in [3.8, 4) is 0 Å². The lowest BCUT2D eigenvalue weighted by molar-refractivity contribution is -0.135. The molecule has 0 unspecified atom stereocenters. The minimum atomic E-state index is -0.478. The maximum absolute atomic E-state index is 13.2. The number of carbonyl (C=O) groups is 2. The van der Waals surface area contributed by atoms with Crippen LogP contribution >= 0.6 is 23.2 Å². The standard InChI is InChI=1S/C21H19Cl2FN2O2/c22-15-3-1-14(2-4-15)21(7-8-21)20(28)26-11-9-25(10-12-26)19(27)17-6-5-16(24)13-18(17)23/h1-6,13H,7-12H2. The Balaban J connectivity index is 1.42. The van der Waals surface area contributed by atoms with Crippen molar-refractivity contribution in [1.29, 1.82) is 0 Å². The van der Waals surface area contributed by atoms with E-state index < -0.39 is 11.2 Å². The molecule has 1 aliphatic carbocycles. The molecule has 0 N–H and O–H groups in total.